The monoisotopic (exact) mass is 602 g/mol. The van der Waals surface area contributed by atoms with E-state index in [4.69, 9.17) is 21.1 Å². The Kier molecular flexibility index (Phi) is 8.12. The Hall–Kier alpha value is -5.40. The molecule has 1 fully saturated rings. The Morgan fingerprint density at radius 2 is 1.41 bits per heavy atom. The summed E-state index contributed by atoms with van der Waals surface area (Å²) in [7, 11) is 0. The van der Waals surface area contributed by atoms with E-state index in [1.165, 1.54) is 6.08 Å². The van der Waals surface area contributed by atoms with Crippen LogP contribution in [0.5, 0.6) is 11.5 Å². The van der Waals surface area contributed by atoms with Gasteiger partial charge in [-0.1, -0.05) is 83.9 Å². The predicted octanol–water partition coefficient (Wildman–Crippen LogP) is 7.63. The third kappa shape index (κ3) is 6.19. The van der Waals surface area contributed by atoms with E-state index in [0.29, 0.717) is 34.4 Å². The number of carbonyl (C=O) groups excluding carboxylic acids is 3. The molecule has 0 bridgehead atoms. The zero-order valence-corrected chi connectivity index (χ0v) is 24.5. The third-order valence-corrected chi connectivity index (χ3v) is 7.50. The Balaban J connectivity index is 1.28. The highest BCUT2D eigenvalue weighted by Crippen LogP contribution is 2.33. The SMILES string of the molecule is Cc1ccc(COc2ccc(N3C(=O)NC(=O)/C(=C\c4c(OCc5ccc(Cl)cc5)ccc5ccccc45)C3=O)cc2)cc1. The minimum Gasteiger partial charge on any atom is -0.489 e. The first-order valence-corrected chi connectivity index (χ1v) is 14.3. The average molecular weight is 603 g/mol. The van der Waals surface area contributed by atoms with Gasteiger partial charge in [0.2, 0.25) is 0 Å². The lowest BCUT2D eigenvalue weighted by Crippen LogP contribution is -2.54. The molecule has 5 aromatic carbocycles. The van der Waals surface area contributed by atoms with Crippen molar-refractivity contribution in [3.63, 3.8) is 0 Å². The van der Waals surface area contributed by atoms with Crippen molar-refractivity contribution in [1.82, 2.24) is 5.32 Å². The minimum absolute atomic E-state index is 0.197. The molecule has 1 N–H and O–H groups in total. The summed E-state index contributed by atoms with van der Waals surface area (Å²) >= 11 is 6.02. The van der Waals surface area contributed by atoms with Crippen molar-refractivity contribution in [3.05, 3.63) is 142 Å². The van der Waals surface area contributed by atoms with Crippen LogP contribution in [0.2, 0.25) is 5.02 Å². The van der Waals surface area contributed by atoms with E-state index in [9.17, 15) is 14.4 Å². The van der Waals surface area contributed by atoms with E-state index >= 15 is 0 Å². The van der Waals surface area contributed by atoms with Crippen LogP contribution in [0.1, 0.15) is 22.3 Å². The van der Waals surface area contributed by atoms with E-state index in [-0.39, 0.29) is 12.2 Å². The van der Waals surface area contributed by atoms with Gasteiger partial charge in [0.25, 0.3) is 11.8 Å². The molecule has 44 heavy (non-hydrogen) atoms. The molecule has 0 aliphatic carbocycles. The molecule has 8 heteroatoms. The third-order valence-electron chi connectivity index (χ3n) is 7.25. The number of fused-ring (bicyclic) bond motifs is 1. The van der Waals surface area contributed by atoms with E-state index in [2.05, 4.69) is 5.32 Å². The molecule has 0 aromatic heterocycles. The van der Waals surface area contributed by atoms with Crippen molar-refractivity contribution in [2.45, 2.75) is 20.1 Å². The highest BCUT2D eigenvalue weighted by Gasteiger charge is 2.37. The fourth-order valence-electron chi connectivity index (χ4n) is 4.87. The number of rotatable bonds is 8. The van der Waals surface area contributed by atoms with Gasteiger partial charge >= 0.3 is 6.03 Å². The molecule has 0 saturated carbocycles. The highest BCUT2D eigenvalue weighted by atomic mass is 35.5. The first-order chi connectivity index (χ1) is 21.4. The van der Waals surface area contributed by atoms with Crippen LogP contribution in [0.15, 0.2) is 115 Å². The van der Waals surface area contributed by atoms with Crippen LogP contribution >= 0.6 is 11.6 Å². The maximum atomic E-state index is 13.7. The molecule has 0 atom stereocenters. The maximum absolute atomic E-state index is 13.7. The fraction of sp³-hybridized carbons (Fsp3) is 0.0833. The molecular formula is C36H27ClN2O5. The number of aryl methyl sites for hydroxylation is 1. The number of barbiturate groups is 1. The average Bonchev–Trinajstić information content (AvgIpc) is 3.03. The van der Waals surface area contributed by atoms with Crippen LogP contribution in [0.3, 0.4) is 0 Å². The van der Waals surface area contributed by atoms with Gasteiger partial charge in [-0.05, 0) is 77.4 Å². The van der Waals surface area contributed by atoms with Gasteiger partial charge in [0, 0.05) is 10.6 Å². The van der Waals surface area contributed by atoms with Crippen molar-refractivity contribution in [2.75, 3.05) is 4.90 Å². The van der Waals surface area contributed by atoms with Gasteiger partial charge in [-0.25, -0.2) is 9.69 Å². The van der Waals surface area contributed by atoms with Crippen LogP contribution in [0, 0.1) is 6.92 Å². The molecule has 0 spiro atoms. The summed E-state index contributed by atoms with van der Waals surface area (Å²) in [6.07, 6.45) is 1.48. The zero-order valence-electron chi connectivity index (χ0n) is 23.8. The van der Waals surface area contributed by atoms with Crippen LogP contribution in [0.4, 0.5) is 10.5 Å². The lowest BCUT2D eigenvalue weighted by molar-refractivity contribution is -0.122. The Morgan fingerprint density at radius 1 is 0.750 bits per heavy atom. The van der Waals surface area contributed by atoms with E-state index in [0.717, 1.165) is 32.4 Å². The molecule has 1 aliphatic heterocycles. The number of carbonyl (C=O) groups is 3. The summed E-state index contributed by atoms with van der Waals surface area (Å²) < 4.78 is 12.0. The quantitative estimate of drug-likeness (QED) is 0.146. The van der Waals surface area contributed by atoms with Crippen molar-refractivity contribution in [2.24, 2.45) is 0 Å². The second-order valence-electron chi connectivity index (χ2n) is 10.3. The van der Waals surface area contributed by atoms with Gasteiger partial charge in [0.15, 0.2) is 0 Å². The smallest absolute Gasteiger partial charge is 0.335 e. The topological polar surface area (TPSA) is 84.9 Å². The Labute approximate surface area is 259 Å². The minimum atomic E-state index is -0.831. The van der Waals surface area contributed by atoms with Crippen LogP contribution in [-0.4, -0.2) is 17.8 Å². The van der Waals surface area contributed by atoms with Crippen molar-refractivity contribution in [1.29, 1.82) is 0 Å². The Bertz CT molecular complexity index is 1900. The predicted molar refractivity (Wildman–Crippen MR) is 171 cm³/mol. The molecule has 1 heterocycles. The second kappa shape index (κ2) is 12.5. The van der Waals surface area contributed by atoms with Crippen LogP contribution in [-0.2, 0) is 22.8 Å². The van der Waals surface area contributed by atoms with E-state index < -0.39 is 17.8 Å². The van der Waals surface area contributed by atoms with E-state index in [1.807, 2.05) is 73.7 Å². The maximum Gasteiger partial charge on any atom is 0.335 e. The molecule has 1 saturated heterocycles. The molecule has 0 radical (unpaired) electrons. The normalized spacial score (nSPS) is 14.2. The number of hydrogen-bond acceptors (Lipinski definition) is 5. The van der Waals surface area contributed by atoms with Crippen LogP contribution < -0.4 is 19.7 Å². The van der Waals surface area contributed by atoms with Gasteiger partial charge < -0.3 is 9.47 Å². The lowest BCUT2D eigenvalue weighted by Gasteiger charge is -2.26. The number of halogens is 1. The Morgan fingerprint density at radius 3 is 2.14 bits per heavy atom. The number of nitrogens with zero attached hydrogens (tertiary/aromatic N) is 1. The molecule has 0 unspecified atom stereocenters. The van der Waals surface area contributed by atoms with Crippen molar-refractivity contribution < 1.29 is 23.9 Å². The van der Waals surface area contributed by atoms with Gasteiger partial charge in [-0.15, -0.1) is 0 Å². The number of imide groups is 2. The summed E-state index contributed by atoms with van der Waals surface area (Å²) in [6.45, 7) is 2.64. The second-order valence-corrected chi connectivity index (χ2v) is 10.8. The van der Waals surface area contributed by atoms with Gasteiger partial charge in [0.1, 0.15) is 30.3 Å². The number of benzene rings is 5. The molecule has 5 aromatic rings. The fourth-order valence-corrected chi connectivity index (χ4v) is 5.00. The molecule has 4 amide bonds. The number of urea groups is 1. The number of ether oxygens (including phenoxy) is 2. The highest BCUT2D eigenvalue weighted by molar-refractivity contribution is 6.39. The van der Waals surface area contributed by atoms with Crippen LogP contribution in [0.25, 0.3) is 16.8 Å². The van der Waals surface area contributed by atoms with Gasteiger partial charge in [-0.2, -0.15) is 0 Å². The zero-order chi connectivity index (χ0) is 30.6. The number of amides is 4. The molecule has 7 nitrogen and oxygen atoms in total. The standard InChI is InChI=1S/C36H27ClN2O5/c1-23-6-8-24(9-7-23)21-43-29-17-15-28(16-18-29)39-35(41)32(34(40)38-36(39)42)20-31-30-5-3-2-4-26(30)12-19-33(31)44-22-25-10-13-27(37)14-11-25/h2-20H,21-22H2,1H3,(H,38,40,42)/b32-20+. The van der Waals surface area contributed by atoms with E-state index in [1.54, 1.807) is 42.5 Å². The lowest BCUT2D eigenvalue weighted by atomic mass is 9.99. The molecule has 218 valence electrons. The van der Waals surface area contributed by atoms with Crippen molar-refractivity contribution >= 4 is 52.0 Å². The molecular weight excluding hydrogens is 576 g/mol. The summed E-state index contributed by atoms with van der Waals surface area (Å²) in [4.78, 5) is 40.6. The number of hydrogen-bond donors (Lipinski definition) is 1. The molecule has 6 rings (SSSR count). The summed E-state index contributed by atoms with van der Waals surface area (Å²) in [5.74, 6) is -0.482. The number of anilines is 1. The summed E-state index contributed by atoms with van der Waals surface area (Å²) in [6, 6.07) is 32.4. The van der Waals surface area contributed by atoms with Gasteiger partial charge in [-0.3, -0.25) is 14.9 Å². The molecule has 1 aliphatic rings. The first-order valence-electron chi connectivity index (χ1n) is 13.9. The van der Waals surface area contributed by atoms with Crippen molar-refractivity contribution in [3.8, 4) is 11.5 Å². The summed E-state index contributed by atoms with van der Waals surface area (Å²) in [5, 5.41) is 4.60. The largest absolute Gasteiger partial charge is 0.489 e. The van der Waals surface area contributed by atoms with Gasteiger partial charge in [0.05, 0.1) is 5.69 Å². The first kappa shape index (κ1) is 28.7. The summed E-state index contributed by atoms with van der Waals surface area (Å²) in [5.41, 5.74) is 3.73. The number of nitrogens with one attached hydrogen (secondary N) is 1.